The highest BCUT2D eigenvalue weighted by molar-refractivity contribution is 5.93. The molecule has 1 saturated heterocycles. The van der Waals surface area contributed by atoms with E-state index in [1.165, 1.54) is 12.8 Å². The average Bonchev–Trinajstić information content (AvgIpc) is 2.52. The molecule has 0 bridgehead atoms. The van der Waals surface area contributed by atoms with Crippen molar-refractivity contribution in [2.75, 3.05) is 6.54 Å². The fraction of sp³-hybridized carbons (Fsp3) is 0.875. The summed E-state index contributed by atoms with van der Waals surface area (Å²) in [5, 5.41) is 2.92. The molecule has 0 spiro atoms. The van der Waals surface area contributed by atoms with Gasteiger partial charge in [0.15, 0.2) is 0 Å². The van der Waals surface area contributed by atoms with Crippen LogP contribution in [0.1, 0.15) is 59.8 Å². The van der Waals surface area contributed by atoms with E-state index in [1.54, 1.807) is 0 Å². The lowest BCUT2D eigenvalue weighted by atomic mass is 9.77. The van der Waals surface area contributed by atoms with Gasteiger partial charge >= 0.3 is 0 Å². The first-order chi connectivity index (χ1) is 9.39. The Balaban J connectivity index is 2.25. The minimum absolute atomic E-state index is 0.00158. The number of nitrogens with one attached hydrogen (secondary N) is 1. The van der Waals surface area contributed by atoms with E-state index in [4.69, 9.17) is 0 Å². The standard InChI is InChI=1S/C16H28N2O2/c1-5-16(4)15(20)18(10-9-14(19)17-16)13-8-6-7-11(2)12(13)3/h11-13H,5-10H2,1-4H3,(H,17,19). The number of hydrogen-bond donors (Lipinski definition) is 1. The Morgan fingerprint density at radius 1 is 1.30 bits per heavy atom. The molecular weight excluding hydrogens is 252 g/mol. The Morgan fingerprint density at radius 2 is 2.00 bits per heavy atom. The highest BCUT2D eigenvalue weighted by Gasteiger charge is 2.43. The summed E-state index contributed by atoms with van der Waals surface area (Å²) >= 11 is 0. The van der Waals surface area contributed by atoms with Crippen LogP contribution < -0.4 is 5.32 Å². The summed E-state index contributed by atoms with van der Waals surface area (Å²) in [6.07, 6.45) is 4.58. The molecule has 1 aliphatic carbocycles. The maximum atomic E-state index is 12.9. The summed E-state index contributed by atoms with van der Waals surface area (Å²) in [6, 6.07) is 0.296. The van der Waals surface area contributed by atoms with Gasteiger partial charge in [0.1, 0.15) is 5.54 Å². The third-order valence-electron chi connectivity index (χ3n) is 5.50. The highest BCUT2D eigenvalue weighted by atomic mass is 16.2. The molecule has 1 N–H and O–H groups in total. The number of nitrogens with zero attached hydrogens (tertiary/aromatic N) is 1. The van der Waals surface area contributed by atoms with Gasteiger partial charge in [-0.25, -0.2) is 0 Å². The molecular formula is C16H28N2O2. The fourth-order valence-electron chi connectivity index (χ4n) is 3.61. The molecule has 114 valence electrons. The van der Waals surface area contributed by atoms with Gasteiger partial charge in [0.25, 0.3) is 0 Å². The Labute approximate surface area is 122 Å². The Kier molecular flexibility index (Phi) is 4.40. The molecule has 20 heavy (non-hydrogen) atoms. The maximum Gasteiger partial charge on any atom is 0.248 e. The van der Waals surface area contributed by atoms with Crippen LogP contribution in [0.5, 0.6) is 0 Å². The van der Waals surface area contributed by atoms with Crippen LogP contribution in [-0.4, -0.2) is 34.8 Å². The summed E-state index contributed by atoms with van der Waals surface area (Å²) in [4.78, 5) is 26.8. The molecule has 0 aromatic heterocycles. The van der Waals surface area contributed by atoms with Crippen molar-refractivity contribution in [2.24, 2.45) is 11.8 Å². The molecule has 0 aromatic carbocycles. The van der Waals surface area contributed by atoms with Gasteiger partial charge < -0.3 is 10.2 Å². The molecule has 4 heteroatoms. The first kappa shape index (κ1) is 15.3. The lowest BCUT2D eigenvalue weighted by molar-refractivity contribution is -0.142. The summed E-state index contributed by atoms with van der Waals surface area (Å²) in [5.41, 5.74) is -0.728. The molecule has 1 saturated carbocycles. The minimum atomic E-state index is -0.728. The molecule has 4 unspecified atom stereocenters. The predicted molar refractivity (Wildman–Crippen MR) is 79.1 cm³/mol. The topological polar surface area (TPSA) is 49.4 Å². The normalized spacial score (nSPS) is 39.4. The first-order valence-corrected chi connectivity index (χ1v) is 8.01. The molecule has 4 nitrogen and oxygen atoms in total. The van der Waals surface area contributed by atoms with E-state index in [2.05, 4.69) is 19.2 Å². The summed E-state index contributed by atoms with van der Waals surface area (Å²) in [5.74, 6) is 1.28. The van der Waals surface area contributed by atoms with Crippen molar-refractivity contribution in [3.8, 4) is 0 Å². The smallest absolute Gasteiger partial charge is 0.248 e. The van der Waals surface area contributed by atoms with Crippen molar-refractivity contribution in [1.82, 2.24) is 10.2 Å². The van der Waals surface area contributed by atoms with E-state index >= 15 is 0 Å². The second kappa shape index (κ2) is 5.74. The van der Waals surface area contributed by atoms with Crippen LogP contribution in [-0.2, 0) is 9.59 Å². The van der Waals surface area contributed by atoms with E-state index in [9.17, 15) is 9.59 Å². The van der Waals surface area contributed by atoms with Gasteiger partial charge in [0, 0.05) is 19.0 Å². The molecule has 0 radical (unpaired) electrons. The number of amides is 2. The quantitative estimate of drug-likeness (QED) is 0.844. The Hall–Kier alpha value is -1.06. The second-order valence-electron chi connectivity index (χ2n) is 6.82. The van der Waals surface area contributed by atoms with E-state index < -0.39 is 5.54 Å². The van der Waals surface area contributed by atoms with Crippen molar-refractivity contribution in [3.63, 3.8) is 0 Å². The molecule has 2 rings (SSSR count). The lowest BCUT2D eigenvalue weighted by Crippen LogP contribution is -2.58. The van der Waals surface area contributed by atoms with E-state index in [1.807, 2.05) is 18.7 Å². The second-order valence-corrected chi connectivity index (χ2v) is 6.82. The minimum Gasteiger partial charge on any atom is -0.342 e. The van der Waals surface area contributed by atoms with Gasteiger partial charge in [0.05, 0.1) is 0 Å². The van der Waals surface area contributed by atoms with Crippen molar-refractivity contribution in [3.05, 3.63) is 0 Å². The van der Waals surface area contributed by atoms with Gasteiger partial charge in [0.2, 0.25) is 11.8 Å². The van der Waals surface area contributed by atoms with Gasteiger partial charge in [-0.3, -0.25) is 9.59 Å². The zero-order valence-electron chi connectivity index (χ0n) is 13.2. The molecule has 0 aromatic rings. The summed E-state index contributed by atoms with van der Waals surface area (Å²) < 4.78 is 0. The van der Waals surface area contributed by atoms with Crippen molar-refractivity contribution in [1.29, 1.82) is 0 Å². The monoisotopic (exact) mass is 280 g/mol. The molecule has 2 amide bonds. The van der Waals surface area contributed by atoms with Gasteiger partial charge in [-0.2, -0.15) is 0 Å². The molecule has 2 fully saturated rings. The van der Waals surface area contributed by atoms with Crippen LogP contribution in [0.15, 0.2) is 0 Å². The highest BCUT2D eigenvalue weighted by Crippen LogP contribution is 2.34. The average molecular weight is 280 g/mol. The van der Waals surface area contributed by atoms with Crippen LogP contribution in [0.3, 0.4) is 0 Å². The molecule has 4 atom stereocenters. The molecule has 2 aliphatic rings. The maximum absolute atomic E-state index is 12.9. The van der Waals surface area contributed by atoms with Crippen LogP contribution >= 0.6 is 0 Å². The zero-order chi connectivity index (χ0) is 14.9. The van der Waals surface area contributed by atoms with Crippen molar-refractivity contribution >= 4 is 11.8 Å². The lowest BCUT2D eigenvalue weighted by Gasteiger charge is -2.43. The number of carbonyl (C=O) groups excluding carboxylic acids is 2. The van der Waals surface area contributed by atoms with E-state index in [0.717, 1.165) is 6.42 Å². The van der Waals surface area contributed by atoms with Crippen LogP contribution in [0.2, 0.25) is 0 Å². The first-order valence-electron chi connectivity index (χ1n) is 8.01. The van der Waals surface area contributed by atoms with E-state index in [0.29, 0.717) is 37.3 Å². The molecule has 1 aliphatic heterocycles. The Bertz CT molecular complexity index is 396. The van der Waals surface area contributed by atoms with Gasteiger partial charge in [-0.15, -0.1) is 0 Å². The van der Waals surface area contributed by atoms with Crippen LogP contribution in [0, 0.1) is 11.8 Å². The summed E-state index contributed by atoms with van der Waals surface area (Å²) in [6.45, 7) is 8.94. The zero-order valence-corrected chi connectivity index (χ0v) is 13.2. The third kappa shape index (κ3) is 2.70. The number of carbonyl (C=O) groups is 2. The largest absolute Gasteiger partial charge is 0.342 e. The van der Waals surface area contributed by atoms with Crippen molar-refractivity contribution in [2.45, 2.75) is 71.4 Å². The van der Waals surface area contributed by atoms with Crippen molar-refractivity contribution < 1.29 is 9.59 Å². The van der Waals surface area contributed by atoms with Gasteiger partial charge in [-0.1, -0.05) is 33.6 Å². The SMILES string of the molecule is CCC1(C)NC(=O)CCN(C2CCCC(C)C2C)C1=O. The van der Waals surface area contributed by atoms with Crippen LogP contribution in [0.4, 0.5) is 0 Å². The third-order valence-corrected chi connectivity index (χ3v) is 5.50. The summed E-state index contributed by atoms with van der Waals surface area (Å²) in [7, 11) is 0. The van der Waals surface area contributed by atoms with E-state index in [-0.39, 0.29) is 11.8 Å². The fourth-order valence-corrected chi connectivity index (χ4v) is 3.61. The Morgan fingerprint density at radius 3 is 2.65 bits per heavy atom. The molecule has 1 heterocycles. The number of hydrogen-bond acceptors (Lipinski definition) is 2. The van der Waals surface area contributed by atoms with Gasteiger partial charge in [-0.05, 0) is 31.6 Å². The number of rotatable bonds is 2. The van der Waals surface area contributed by atoms with Crippen LogP contribution in [0.25, 0.3) is 0 Å². The predicted octanol–water partition coefficient (Wildman–Crippen LogP) is 2.33.